The average Bonchev–Trinajstić information content (AvgIpc) is 2.64. The van der Waals surface area contributed by atoms with E-state index in [1.54, 1.807) is 6.20 Å². The number of carbonyl (C=O) groups is 1. The van der Waals surface area contributed by atoms with Crippen molar-refractivity contribution in [1.29, 1.82) is 0 Å². The molecule has 0 aromatic carbocycles. The first-order chi connectivity index (χ1) is 7.97. The first-order valence-electron chi connectivity index (χ1n) is 5.97. The standard InChI is InChI=1S/C12H22N4O/c1-5-14-12(2,3)11(17)13-8-6-10-7-9-15-16(10)4/h7,9,14H,5-6,8H2,1-4H3,(H,13,17). The van der Waals surface area contributed by atoms with Crippen molar-refractivity contribution in [3.05, 3.63) is 18.0 Å². The quantitative estimate of drug-likeness (QED) is 0.757. The fraction of sp³-hybridized carbons (Fsp3) is 0.667. The molecule has 0 atom stereocenters. The molecule has 17 heavy (non-hydrogen) atoms. The van der Waals surface area contributed by atoms with E-state index in [0.717, 1.165) is 18.7 Å². The lowest BCUT2D eigenvalue weighted by atomic mass is 10.0. The summed E-state index contributed by atoms with van der Waals surface area (Å²) in [5.41, 5.74) is 0.604. The molecule has 0 aliphatic carbocycles. The van der Waals surface area contributed by atoms with Crippen molar-refractivity contribution in [2.75, 3.05) is 13.1 Å². The molecular formula is C12H22N4O. The zero-order valence-electron chi connectivity index (χ0n) is 11.1. The van der Waals surface area contributed by atoms with Gasteiger partial charge in [0.15, 0.2) is 0 Å². The fourth-order valence-corrected chi connectivity index (χ4v) is 1.69. The maximum Gasteiger partial charge on any atom is 0.239 e. The third-order valence-electron chi connectivity index (χ3n) is 2.78. The molecule has 1 aromatic heterocycles. The largest absolute Gasteiger partial charge is 0.354 e. The third-order valence-corrected chi connectivity index (χ3v) is 2.78. The van der Waals surface area contributed by atoms with Gasteiger partial charge >= 0.3 is 0 Å². The second kappa shape index (κ2) is 5.82. The molecule has 0 bridgehead atoms. The summed E-state index contributed by atoms with van der Waals surface area (Å²) >= 11 is 0. The Balaban J connectivity index is 2.36. The van der Waals surface area contributed by atoms with Gasteiger partial charge in [-0.2, -0.15) is 5.10 Å². The number of hydrogen-bond acceptors (Lipinski definition) is 3. The number of nitrogens with zero attached hydrogens (tertiary/aromatic N) is 2. The molecule has 0 unspecified atom stereocenters. The van der Waals surface area contributed by atoms with Crippen LogP contribution in [0.25, 0.3) is 0 Å². The second-order valence-corrected chi connectivity index (χ2v) is 4.61. The van der Waals surface area contributed by atoms with E-state index in [9.17, 15) is 4.79 Å². The van der Waals surface area contributed by atoms with Crippen LogP contribution < -0.4 is 10.6 Å². The van der Waals surface area contributed by atoms with Crippen molar-refractivity contribution in [3.63, 3.8) is 0 Å². The lowest BCUT2D eigenvalue weighted by molar-refractivity contribution is -0.126. The summed E-state index contributed by atoms with van der Waals surface area (Å²) in [7, 11) is 1.90. The van der Waals surface area contributed by atoms with Gasteiger partial charge in [0.05, 0.1) is 5.54 Å². The number of rotatable bonds is 6. The molecule has 5 heteroatoms. The summed E-state index contributed by atoms with van der Waals surface area (Å²) in [6, 6.07) is 1.96. The van der Waals surface area contributed by atoms with Crippen molar-refractivity contribution in [2.45, 2.75) is 32.7 Å². The lowest BCUT2D eigenvalue weighted by Gasteiger charge is -2.24. The summed E-state index contributed by atoms with van der Waals surface area (Å²) in [6.07, 6.45) is 2.56. The van der Waals surface area contributed by atoms with E-state index in [2.05, 4.69) is 15.7 Å². The second-order valence-electron chi connectivity index (χ2n) is 4.61. The zero-order chi connectivity index (χ0) is 12.9. The van der Waals surface area contributed by atoms with E-state index in [4.69, 9.17) is 0 Å². The molecule has 96 valence electrons. The van der Waals surface area contributed by atoms with Crippen molar-refractivity contribution < 1.29 is 4.79 Å². The molecular weight excluding hydrogens is 216 g/mol. The molecule has 0 aliphatic heterocycles. The molecule has 0 fully saturated rings. The number of amides is 1. The van der Waals surface area contributed by atoms with E-state index in [-0.39, 0.29) is 5.91 Å². The van der Waals surface area contributed by atoms with Gasteiger partial charge in [0.1, 0.15) is 0 Å². The van der Waals surface area contributed by atoms with Crippen LogP contribution in [0.2, 0.25) is 0 Å². The highest BCUT2D eigenvalue weighted by Gasteiger charge is 2.25. The van der Waals surface area contributed by atoms with Gasteiger partial charge in [0.25, 0.3) is 0 Å². The van der Waals surface area contributed by atoms with Gasteiger partial charge in [-0.15, -0.1) is 0 Å². The maximum absolute atomic E-state index is 11.9. The smallest absolute Gasteiger partial charge is 0.239 e. The number of carbonyl (C=O) groups excluding carboxylic acids is 1. The highest BCUT2D eigenvalue weighted by Crippen LogP contribution is 2.02. The Morgan fingerprint density at radius 2 is 2.24 bits per heavy atom. The summed E-state index contributed by atoms with van der Waals surface area (Å²) in [5, 5.41) is 10.2. The van der Waals surface area contributed by atoms with Crippen molar-refractivity contribution in [1.82, 2.24) is 20.4 Å². The first-order valence-corrected chi connectivity index (χ1v) is 5.97. The predicted molar refractivity (Wildman–Crippen MR) is 67.7 cm³/mol. The Kier molecular flexibility index (Phi) is 4.69. The molecule has 1 rings (SSSR count). The Morgan fingerprint density at radius 3 is 2.76 bits per heavy atom. The molecule has 0 aliphatic rings. The summed E-state index contributed by atoms with van der Waals surface area (Å²) in [4.78, 5) is 11.9. The zero-order valence-corrected chi connectivity index (χ0v) is 11.1. The molecule has 0 saturated carbocycles. The molecule has 1 aromatic rings. The number of nitrogens with one attached hydrogen (secondary N) is 2. The Labute approximate surface area is 103 Å². The van der Waals surface area contributed by atoms with Crippen LogP contribution >= 0.6 is 0 Å². The van der Waals surface area contributed by atoms with Crippen LogP contribution in [-0.2, 0) is 18.3 Å². The van der Waals surface area contributed by atoms with Crippen LogP contribution in [-0.4, -0.2) is 34.3 Å². The maximum atomic E-state index is 11.9. The molecule has 0 spiro atoms. The van der Waals surface area contributed by atoms with Gasteiger partial charge in [-0.1, -0.05) is 6.92 Å². The highest BCUT2D eigenvalue weighted by atomic mass is 16.2. The molecule has 1 amide bonds. The van der Waals surface area contributed by atoms with E-state index >= 15 is 0 Å². The van der Waals surface area contributed by atoms with Gasteiger partial charge < -0.3 is 10.6 Å². The molecule has 0 radical (unpaired) electrons. The monoisotopic (exact) mass is 238 g/mol. The summed E-state index contributed by atoms with van der Waals surface area (Å²) in [6.45, 7) is 7.17. The van der Waals surface area contributed by atoms with Crippen LogP contribution in [0.3, 0.4) is 0 Å². The molecule has 0 saturated heterocycles. The number of aromatic nitrogens is 2. The van der Waals surface area contributed by atoms with Gasteiger partial charge in [-0.3, -0.25) is 9.48 Å². The summed E-state index contributed by atoms with van der Waals surface area (Å²) < 4.78 is 1.82. The van der Waals surface area contributed by atoms with Crippen LogP contribution in [0.15, 0.2) is 12.3 Å². The Bertz CT molecular complexity index is 370. The third kappa shape index (κ3) is 3.85. The minimum Gasteiger partial charge on any atom is -0.354 e. The Hall–Kier alpha value is -1.36. The topological polar surface area (TPSA) is 59.0 Å². The van der Waals surface area contributed by atoms with Crippen LogP contribution in [0.1, 0.15) is 26.5 Å². The molecule has 5 nitrogen and oxygen atoms in total. The normalized spacial score (nSPS) is 11.5. The van der Waals surface area contributed by atoms with Crippen LogP contribution in [0, 0.1) is 0 Å². The lowest BCUT2D eigenvalue weighted by Crippen LogP contribution is -2.52. The minimum absolute atomic E-state index is 0.0292. The SMILES string of the molecule is CCNC(C)(C)C(=O)NCCc1ccnn1C. The van der Waals surface area contributed by atoms with Crippen molar-refractivity contribution >= 4 is 5.91 Å². The first kappa shape index (κ1) is 13.7. The highest BCUT2D eigenvalue weighted by molar-refractivity contribution is 5.85. The van der Waals surface area contributed by atoms with Gasteiger partial charge in [-0.25, -0.2) is 0 Å². The van der Waals surface area contributed by atoms with Gasteiger partial charge in [0, 0.05) is 31.9 Å². The van der Waals surface area contributed by atoms with Crippen LogP contribution in [0.5, 0.6) is 0 Å². The van der Waals surface area contributed by atoms with Gasteiger partial charge in [0.2, 0.25) is 5.91 Å². The molecule has 1 heterocycles. The number of aryl methyl sites for hydroxylation is 1. The van der Waals surface area contributed by atoms with Crippen molar-refractivity contribution in [3.8, 4) is 0 Å². The predicted octanol–water partition coefficient (Wildman–Crippen LogP) is 0.467. The average molecular weight is 238 g/mol. The minimum atomic E-state index is -0.513. The van der Waals surface area contributed by atoms with Crippen LogP contribution in [0.4, 0.5) is 0 Å². The van der Waals surface area contributed by atoms with E-state index < -0.39 is 5.54 Å². The fourth-order valence-electron chi connectivity index (χ4n) is 1.69. The van der Waals surface area contributed by atoms with Crippen molar-refractivity contribution in [2.24, 2.45) is 7.05 Å². The van der Waals surface area contributed by atoms with E-state index in [1.807, 2.05) is 38.6 Å². The Morgan fingerprint density at radius 1 is 1.53 bits per heavy atom. The van der Waals surface area contributed by atoms with E-state index in [1.165, 1.54) is 0 Å². The van der Waals surface area contributed by atoms with Gasteiger partial charge in [-0.05, 0) is 26.5 Å². The van der Waals surface area contributed by atoms with E-state index in [0.29, 0.717) is 6.54 Å². The number of likely N-dealkylation sites (N-methyl/N-ethyl adjacent to an activating group) is 1. The summed E-state index contributed by atoms with van der Waals surface area (Å²) in [5.74, 6) is 0.0292. The number of hydrogen-bond donors (Lipinski definition) is 2. The molecule has 2 N–H and O–H groups in total.